The summed E-state index contributed by atoms with van der Waals surface area (Å²) in [4.78, 5) is 25.0. The number of carbonyl (C=O) groups is 1. The van der Waals surface area contributed by atoms with E-state index >= 15 is 0 Å². The first-order valence-corrected chi connectivity index (χ1v) is 8.64. The lowest BCUT2D eigenvalue weighted by Gasteiger charge is -2.36. The van der Waals surface area contributed by atoms with E-state index < -0.39 is 0 Å². The van der Waals surface area contributed by atoms with Gasteiger partial charge in [0.05, 0.1) is 15.6 Å². The third-order valence-corrected chi connectivity index (χ3v) is 4.84. The van der Waals surface area contributed by atoms with Crippen molar-refractivity contribution < 1.29 is 4.79 Å². The Kier molecular flexibility index (Phi) is 5.21. The number of hydrogen-bond donors (Lipinski definition) is 0. The van der Waals surface area contributed by atoms with Crippen LogP contribution >= 0.6 is 23.2 Å². The van der Waals surface area contributed by atoms with Crippen LogP contribution in [0, 0.1) is 0 Å². The van der Waals surface area contributed by atoms with Crippen molar-refractivity contribution in [2.45, 2.75) is 13.3 Å². The van der Waals surface area contributed by atoms with E-state index in [1.807, 2.05) is 24.0 Å². The molecule has 0 atom stereocenters. The maximum atomic E-state index is 12.5. The topological polar surface area (TPSA) is 49.3 Å². The summed E-state index contributed by atoms with van der Waals surface area (Å²) in [5, 5.41) is 1.09. The standard InChI is InChI=1S/C17H18Cl2N4O/c1-2-16-20-10-12(11-21-16)17(24)23-7-5-22(6-8-23)13-3-4-14(18)15(19)9-13/h3-4,9-11H,2,5-8H2,1H3. The van der Waals surface area contributed by atoms with Gasteiger partial charge in [0, 0.05) is 50.7 Å². The van der Waals surface area contributed by atoms with E-state index in [2.05, 4.69) is 14.9 Å². The highest BCUT2D eigenvalue weighted by Crippen LogP contribution is 2.27. The minimum atomic E-state index is -0.0218. The molecule has 1 fully saturated rings. The van der Waals surface area contributed by atoms with Gasteiger partial charge in [-0.2, -0.15) is 0 Å². The second-order valence-corrected chi connectivity index (χ2v) is 6.43. The van der Waals surface area contributed by atoms with Crippen LogP contribution in [0.25, 0.3) is 0 Å². The molecule has 5 nitrogen and oxygen atoms in total. The molecule has 1 aromatic heterocycles. The molecule has 2 heterocycles. The molecule has 0 N–H and O–H groups in total. The number of anilines is 1. The number of aryl methyl sites for hydroxylation is 1. The van der Waals surface area contributed by atoms with Gasteiger partial charge < -0.3 is 9.80 Å². The number of aromatic nitrogens is 2. The Hall–Kier alpha value is -1.85. The fraction of sp³-hybridized carbons (Fsp3) is 0.353. The fourth-order valence-corrected chi connectivity index (χ4v) is 2.97. The second kappa shape index (κ2) is 7.36. The van der Waals surface area contributed by atoms with E-state index in [1.165, 1.54) is 0 Å². The zero-order valence-electron chi connectivity index (χ0n) is 13.4. The molecule has 1 saturated heterocycles. The number of rotatable bonds is 3. The molecule has 1 aromatic carbocycles. The zero-order chi connectivity index (χ0) is 17.1. The average molecular weight is 365 g/mol. The molecule has 0 aliphatic carbocycles. The van der Waals surface area contributed by atoms with Crippen molar-refractivity contribution in [1.29, 1.82) is 0 Å². The predicted molar refractivity (Wildman–Crippen MR) is 96.0 cm³/mol. The second-order valence-electron chi connectivity index (χ2n) is 5.62. The van der Waals surface area contributed by atoms with E-state index in [-0.39, 0.29) is 5.91 Å². The molecule has 1 aliphatic rings. The largest absolute Gasteiger partial charge is 0.368 e. The molecule has 1 aliphatic heterocycles. The summed E-state index contributed by atoms with van der Waals surface area (Å²) in [6.45, 7) is 4.78. The van der Waals surface area contributed by atoms with Gasteiger partial charge in [0.25, 0.3) is 5.91 Å². The summed E-state index contributed by atoms with van der Waals surface area (Å²) < 4.78 is 0. The smallest absolute Gasteiger partial charge is 0.257 e. The van der Waals surface area contributed by atoms with Crippen molar-refractivity contribution in [3.63, 3.8) is 0 Å². The van der Waals surface area contributed by atoms with E-state index in [9.17, 15) is 4.79 Å². The number of halogens is 2. The summed E-state index contributed by atoms with van der Waals surface area (Å²) in [5.74, 6) is 0.724. The first-order chi connectivity index (χ1) is 11.6. The Morgan fingerprint density at radius 2 is 1.75 bits per heavy atom. The summed E-state index contributed by atoms with van der Waals surface area (Å²) in [7, 11) is 0. The average Bonchev–Trinajstić information content (AvgIpc) is 2.63. The molecule has 0 radical (unpaired) electrons. The van der Waals surface area contributed by atoms with Crippen LogP contribution < -0.4 is 4.90 Å². The van der Waals surface area contributed by atoms with Crippen LogP contribution in [-0.2, 0) is 6.42 Å². The molecule has 0 spiro atoms. The number of amides is 1. The lowest BCUT2D eigenvalue weighted by Crippen LogP contribution is -2.48. The van der Waals surface area contributed by atoms with Gasteiger partial charge in [-0.3, -0.25) is 4.79 Å². The summed E-state index contributed by atoms with van der Waals surface area (Å²) in [6.07, 6.45) is 3.98. The van der Waals surface area contributed by atoms with Crippen LogP contribution in [0.2, 0.25) is 10.0 Å². The third-order valence-electron chi connectivity index (χ3n) is 4.10. The number of piperazine rings is 1. The Labute approximate surface area is 151 Å². The van der Waals surface area contributed by atoms with Crippen LogP contribution in [0.5, 0.6) is 0 Å². The Morgan fingerprint density at radius 3 is 2.33 bits per heavy atom. The molecule has 0 unspecified atom stereocenters. The maximum absolute atomic E-state index is 12.5. The van der Waals surface area contributed by atoms with Crippen molar-refractivity contribution in [3.05, 3.63) is 52.0 Å². The molecule has 2 aromatic rings. The van der Waals surface area contributed by atoms with Gasteiger partial charge in [-0.15, -0.1) is 0 Å². The first-order valence-electron chi connectivity index (χ1n) is 7.88. The van der Waals surface area contributed by atoms with Crippen molar-refractivity contribution in [2.75, 3.05) is 31.1 Å². The van der Waals surface area contributed by atoms with Gasteiger partial charge >= 0.3 is 0 Å². The van der Waals surface area contributed by atoms with E-state index in [0.29, 0.717) is 28.7 Å². The Bertz CT molecular complexity index is 728. The highest BCUT2D eigenvalue weighted by molar-refractivity contribution is 6.42. The summed E-state index contributed by atoms with van der Waals surface area (Å²) in [5.41, 5.74) is 1.56. The SMILES string of the molecule is CCc1ncc(C(=O)N2CCN(c3ccc(Cl)c(Cl)c3)CC2)cn1. The van der Waals surface area contributed by atoms with Crippen molar-refractivity contribution >= 4 is 34.8 Å². The lowest BCUT2D eigenvalue weighted by atomic mass is 10.2. The van der Waals surface area contributed by atoms with Gasteiger partial charge in [0.1, 0.15) is 5.82 Å². The minimum Gasteiger partial charge on any atom is -0.368 e. The van der Waals surface area contributed by atoms with Crippen molar-refractivity contribution in [1.82, 2.24) is 14.9 Å². The summed E-state index contributed by atoms with van der Waals surface area (Å²) >= 11 is 12.0. The van der Waals surface area contributed by atoms with Crippen LogP contribution in [0.4, 0.5) is 5.69 Å². The molecular weight excluding hydrogens is 347 g/mol. The van der Waals surface area contributed by atoms with Crippen LogP contribution in [0.3, 0.4) is 0 Å². The van der Waals surface area contributed by atoms with Crippen LogP contribution in [0.1, 0.15) is 23.1 Å². The quantitative estimate of drug-likeness (QED) is 0.838. The Morgan fingerprint density at radius 1 is 1.08 bits per heavy atom. The normalized spacial score (nSPS) is 14.8. The van der Waals surface area contributed by atoms with Gasteiger partial charge in [-0.05, 0) is 18.2 Å². The highest BCUT2D eigenvalue weighted by Gasteiger charge is 2.23. The molecular formula is C17H18Cl2N4O. The lowest BCUT2D eigenvalue weighted by molar-refractivity contribution is 0.0746. The predicted octanol–water partition coefficient (Wildman–Crippen LogP) is 3.31. The molecule has 3 rings (SSSR count). The first kappa shape index (κ1) is 17.0. The van der Waals surface area contributed by atoms with Gasteiger partial charge in [0.2, 0.25) is 0 Å². The molecule has 1 amide bonds. The molecule has 7 heteroatoms. The van der Waals surface area contributed by atoms with E-state index in [4.69, 9.17) is 23.2 Å². The molecule has 126 valence electrons. The van der Waals surface area contributed by atoms with E-state index in [0.717, 1.165) is 31.0 Å². The summed E-state index contributed by atoms with van der Waals surface area (Å²) in [6, 6.07) is 5.60. The Balaban J connectivity index is 1.63. The number of hydrogen-bond acceptors (Lipinski definition) is 4. The van der Waals surface area contributed by atoms with E-state index in [1.54, 1.807) is 18.5 Å². The highest BCUT2D eigenvalue weighted by atomic mass is 35.5. The zero-order valence-corrected chi connectivity index (χ0v) is 14.9. The number of carbonyl (C=O) groups excluding carboxylic acids is 1. The molecule has 24 heavy (non-hydrogen) atoms. The van der Waals surface area contributed by atoms with Crippen LogP contribution in [0.15, 0.2) is 30.6 Å². The van der Waals surface area contributed by atoms with Crippen molar-refractivity contribution in [2.24, 2.45) is 0 Å². The molecule has 0 saturated carbocycles. The number of nitrogens with zero attached hydrogens (tertiary/aromatic N) is 4. The van der Waals surface area contributed by atoms with Gasteiger partial charge in [0.15, 0.2) is 0 Å². The monoisotopic (exact) mass is 364 g/mol. The minimum absolute atomic E-state index is 0.0218. The van der Waals surface area contributed by atoms with Crippen LogP contribution in [-0.4, -0.2) is 47.0 Å². The van der Waals surface area contributed by atoms with Gasteiger partial charge in [-0.1, -0.05) is 30.1 Å². The van der Waals surface area contributed by atoms with Crippen molar-refractivity contribution in [3.8, 4) is 0 Å². The third kappa shape index (κ3) is 3.62. The fourth-order valence-electron chi connectivity index (χ4n) is 2.68. The molecule has 0 bridgehead atoms. The number of benzene rings is 1. The van der Waals surface area contributed by atoms with Gasteiger partial charge in [-0.25, -0.2) is 9.97 Å². The maximum Gasteiger partial charge on any atom is 0.257 e.